The summed E-state index contributed by atoms with van der Waals surface area (Å²) in [5, 5.41) is 8.79. The molecule has 7 nitrogen and oxygen atoms in total. The van der Waals surface area contributed by atoms with Gasteiger partial charge in [0.2, 0.25) is 0 Å². The van der Waals surface area contributed by atoms with Crippen LogP contribution in [0.25, 0.3) is 10.6 Å². The van der Waals surface area contributed by atoms with Crippen molar-refractivity contribution in [2.24, 2.45) is 13.0 Å². The maximum Gasteiger partial charge on any atom is 0.275 e. The fourth-order valence-corrected chi connectivity index (χ4v) is 4.99. The Hall–Kier alpha value is -2.85. The zero-order chi connectivity index (χ0) is 22.8. The highest BCUT2D eigenvalue weighted by atomic mass is 32.1. The van der Waals surface area contributed by atoms with Crippen molar-refractivity contribution >= 4 is 28.7 Å². The molecule has 0 unspecified atom stereocenters. The molecule has 170 valence electrons. The van der Waals surface area contributed by atoms with Gasteiger partial charge < -0.3 is 15.0 Å². The molecule has 0 saturated carbocycles. The molecule has 2 atom stereocenters. The van der Waals surface area contributed by atoms with Crippen LogP contribution >= 0.6 is 11.3 Å². The summed E-state index contributed by atoms with van der Waals surface area (Å²) in [6.45, 7) is 3.74. The third-order valence-electron chi connectivity index (χ3n) is 5.73. The molecule has 1 aliphatic rings. The maximum atomic E-state index is 14.1. The Bertz CT molecular complexity index is 1100. The highest BCUT2D eigenvalue weighted by Crippen LogP contribution is 2.32. The molecule has 0 aliphatic carbocycles. The summed E-state index contributed by atoms with van der Waals surface area (Å²) in [6, 6.07) is 3.62. The van der Waals surface area contributed by atoms with Gasteiger partial charge >= 0.3 is 0 Å². The number of carbonyl (C=O) groups is 1. The molecule has 0 spiro atoms. The Morgan fingerprint density at radius 1 is 1.31 bits per heavy atom. The van der Waals surface area contributed by atoms with Crippen molar-refractivity contribution in [3.63, 3.8) is 0 Å². The molecule has 1 saturated heterocycles. The van der Waals surface area contributed by atoms with E-state index in [2.05, 4.69) is 27.2 Å². The molecular weight excluding hydrogens is 436 g/mol. The van der Waals surface area contributed by atoms with Crippen LogP contribution in [0, 0.1) is 17.6 Å². The van der Waals surface area contributed by atoms with Crippen LogP contribution in [0.1, 0.15) is 30.3 Å². The highest BCUT2D eigenvalue weighted by Gasteiger charge is 2.27. The average Bonchev–Trinajstić information content (AvgIpc) is 3.32. The largest absolute Gasteiger partial charge is 0.381 e. The molecule has 0 bridgehead atoms. The second kappa shape index (κ2) is 9.33. The molecule has 0 radical (unpaired) electrons. The Morgan fingerprint density at radius 2 is 2.06 bits per heavy atom. The van der Waals surface area contributed by atoms with Gasteiger partial charge in [0.15, 0.2) is 5.82 Å². The first-order valence-corrected chi connectivity index (χ1v) is 11.3. The molecule has 32 heavy (non-hydrogen) atoms. The predicted molar refractivity (Wildman–Crippen MR) is 120 cm³/mol. The summed E-state index contributed by atoms with van der Waals surface area (Å²) in [5.74, 6) is -0.776. The number of benzene rings is 1. The van der Waals surface area contributed by atoms with Crippen LogP contribution in [0.15, 0.2) is 29.8 Å². The van der Waals surface area contributed by atoms with E-state index >= 15 is 0 Å². The second-order valence-corrected chi connectivity index (χ2v) is 8.79. The van der Waals surface area contributed by atoms with Crippen LogP contribution in [-0.4, -0.2) is 47.0 Å². The lowest BCUT2D eigenvalue weighted by Crippen LogP contribution is -2.33. The molecule has 3 aromatic rings. The maximum absolute atomic E-state index is 14.1. The van der Waals surface area contributed by atoms with Gasteiger partial charge in [-0.3, -0.25) is 9.48 Å². The summed E-state index contributed by atoms with van der Waals surface area (Å²) >= 11 is 1.02. The van der Waals surface area contributed by atoms with Gasteiger partial charge in [0.05, 0.1) is 17.9 Å². The number of ether oxygens (including phenoxy) is 1. The van der Waals surface area contributed by atoms with Crippen LogP contribution in [-0.2, 0) is 11.8 Å². The number of rotatable bonds is 5. The SMILES string of the molecule is CO[C@@H]1CCCN(c2c(NC(=O)c3csc(-c4c(F)cccc4F)n3)cnn2C)C[C@@H]1C. The summed E-state index contributed by atoms with van der Waals surface area (Å²) in [5.41, 5.74) is 0.420. The van der Waals surface area contributed by atoms with Crippen molar-refractivity contribution in [2.45, 2.75) is 25.9 Å². The lowest BCUT2D eigenvalue weighted by Gasteiger charge is -2.27. The Kier molecular flexibility index (Phi) is 6.52. The number of thiazole rings is 1. The van der Waals surface area contributed by atoms with Crippen molar-refractivity contribution in [1.82, 2.24) is 14.8 Å². The van der Waals surface area contributed by atoms with E-state index in [0.29, 0.717) is 11.6 Å². The van der Waals surface area contributed by atoms with E-state index in [1.165, 1.54) is 11.4 Å². The van der Waals surface area contributed by atoms with Crippen LogP contribution in [0.4, 0.5) is 20.3 Å². The normalized spacial score (nSPS) is 19.1. The second-order valence-electron chi connectivity index (χ2n) is 7.93. The van der Waals surface area contributed by atoms with Gasteiger partial charge in [0.1, 0.15) is 28.0 Å². The molecule has 1 aromatic carbocycles. The Balaban J connectivity index is 1.55. The summed E-state index contributed by atoms with van der Waals surface area (Å²) in [6.07, 6.45) is 3.73. The first-order valence-electron chi connectivity index (χ1n) is 10.4. The minimum absolute atomic E-state index is 0.0890. The first kappa shape index (κ1) is 22.3. The molecule has 1 amide bonds. The summed E-state index contributed by atoms with van der Waals surface area (Å²) < 4.78 is 35.5. The number of aryl methyl sites for hydroxylation is 1. The van der Waals surface area contributed by atoms with E-state index in [9.17, 15) is 13.6 Å². The molecular formula is C22H25F2N5O2S. The Labute approximate surface area is 189 Å². The van der Waals surface area contributed by atoms with Crippen molar-refractivity contribution in [3.8, 4) is 10.6 Å². The van der Waals surface area contributed by atoms with Gasteiger partial charge in [-0.15, -0.1) is 11.3 Å². The third-order valence-corrected chi connectivity index (χ3v) is 6.59. The van der Waals surface area contributed by atoms with E-state index in [1.54, 1.807) is 18.0 Å². The summed E-state index contributed by atoms with van der Waals surface area (Å²) in [7, 11) is 3.57. The minimum atomic E-state index is -0.717. The number of methoxy groups -OCH3 is 1. The number of halogens is 2. The van der Waals surface area contributed by atoms with Gasteiger partial charge in [-0.1, -0.05) is 13.0 Å². The van der Waals surface area contributed by atoms with Gasteiger partial charge in [-0.05, 0) is 30.9 Å². The lowest BCUT2D eigenvalue weighted by atomic mass is 10.0. The standard InChI is InChI=1S/C22H25F2N5O2S/c1-13-11-29(9-5-8-18(13)31-3)22-16(10-25-28(22)2)26-20(30)17-12-32-21(27-17)19-14(23)6-4-7-15(19)24/h4,6-7,10,12-13,18H,5,8-9,11H2,1-3H3,(H,26,30)/t13-,18+/m0/s1. The van der Waals surface area contributed by atoms with Crippen molar-refractivity contribution in [1.29, 1.82) is 0 Å². The minimum Gasteiger partial charge on any atom is -0.381 e. The molecule has 1 N–H and O–H groups in total. The first-order chi connectivity index (χ1) is 15.4. The fraction of sp³-hybridized carbons (Fsp3) is 0.409. The van der Waals surface area contributed by atoms with E-state index < -0.39 is 17.5 Å². The quantitative estimate of drug-likeness (QED) is 0.613. The zero-order valence-corrected chi connectivity index (χ0v) is 19.0. The number of anilines is 2. The van der Waals surface area contributed by atoms with Crippen LogP contribution in [0.5, 0.6) is 0 Å². The van der Waals surface area contributed by atoms with Crippen molar-refractivity contribution in [3.05, 3.63) is 47.1 Å². The topological polar surface area (TPSA) is 72.3 Å². The molecule has 3 heterocycles. The number of hydrogen-bond donors (Lipinski definition) is 1. The molecule has 10 heteroatoms. The van der Waals surface area contributed by atoms with Gasteiger partial charge in [-0.2, -0.15) is 5.10 Å². The third kappa shape index (κ3) is 4.37. The number of aromatic nitrogens is 3. The van der Waals surface area contributed by atoms with Crippen LogP contribution < -0.4 is 10.2 Å². The fourth-order valence-electron chi connectivity index (χ4n) is 4.14. The smallest absolute Gasteiger partial charge is 0.275 e. The molecule has 4 rings (SSSR count). The number of nitrogens with one attached hydrogen (secondary N) is 1. The number of amides is 1. The predicted octanol–water partition coefficient (Wildman–Crippen LogP) is 4.33. The van der Waals surface area contributed by atoms with E-state index in [1.807, 2.05) is 7.05 Å². The number of carbonyl (C=O) groups excluding carboxylic acids is 1. The van der Waals surface area contributed by atoms with Crippen molar-refractivity contribution < 1.29 is 18.3 Å². The highest BCUT2D eigenvalue weighted by molar-refractivity contribution is 7.13. The molecule has 1 aliphatic heterocycles. The van der Waals surface area contributed by atoms with Gasteiger partial charge in [0.25, 0.3) is 5.91 Å². The number of hydrogen-bond acceptors (Lipinski definition) is 6. The molecule has 1 fully saturated rings. The average molecular weight is 462 g/mol. The van der Waals surface area contributed by atoms with Crippen LogP contribution in [0.3, 0.4) is 0 Å². The van der Waals surface area contributed by atoms with Crippen LogP contribution in [0.2, 0.25) is 0 Å². The van der Waals surface area contributed by atoms with Gasteiger partial charge in [0, 0.05) is 32.6 Å². The van der Waals surface area contributed by atoms with Crippen molar-refractivity contribution in [2.75, 3.05) is 30.4 Å². The summed E-state index contributed by atoms with van der Waals surface area (Å²) in [4.78, 5) is 19.2. The van der Waals surface area contributed by atoms with E-state index in [0.717, 1.165) is 55.2 Å². The zero-order valence-electron chi connectivity index (χ0n) is 18.1. The Morgan fingerprint density at radius 3 is 2.78 bits per heavy atom. The number of nitrogens with zero attached hydrogens (tertiary/aromatic N) is 4. The van der Waals surface area contributed by atoms with E-state index in [4.69, 9.17) is 4.74 Å². The molecule has 2 aromatic heterocycles. The lowest BCUT2D eigenvalue weighted by molar-refractivity contribution is 0.0586. The van der Waals surface area contributed by atoms with E-state index in [-0.39, 0.29) is 22.4 Å². The van der Waals surface area contributed by atoms with Gasteiger partial charge in [-0.25, -0.2) is 13.8 Å². The monoisotopic (exact) mass is 461 g/mol.